The number of carboxylic acid groups (broad SMARTS) is 2. The van der Waals surface area contributed by atoms with Gasteiger partial charge < -0.3 is 15.2 Å². The molecule has 112 valence electrons. The molecule has 3 N–H and O–H groups in total. The molecule has 0 aliphatic rings. The second-order valence-electron chi connectivity index (χ2n) is 4.37. The minimum absolute atomic E-state index is 0.0301. The van der Waals surface area contributed by atoms with Gasteiger partial charge in [0.15, 0.2) is 5.69 Å². The van der Waals surface area contributed by atoms with Crippen molar-refractivity contribution >= 4 is 22.8 Å². The summed E-state index contributed by atoms with van der Waals surface area (Å²) in [5.41, 5.74) is 1.92. The quantitative estimate of drug-likeness (QED) is 0.668. The monoisotopic (exact) mass is 299 g/mol. The van der Waals surface area contributed by atoms with Gasteiger partial charge in [-0.3, -0.25) is 4.98 Å². The second kappa shape index (κ2) is 6.49. The predicted molar refractivity (Wildman–Crippen MR) is 79.0 cm³/mol. The fraction of sp³-hybridized carbons (Fsp3) is 0.0667. The maximum absolute atomic E-state index is 10.9. The molecule has 2 heterocycles. The van der Waals surface area contributed by atoms with E-state index in [9.17, 15) is 9.59 Å². The molecule has 0 radical (unpaired) electrons. The zero-order valence-electron chi connectivity index (χ0n) is 11.6. The van der Waals surface area contributed by atoms with Crippen LogP contribution < -0.4 is 0 Å². The first-order chi connectivity index (χ1) is 10.5. The summed E-state index contributed by atoms with van der Waals surface area (Å²) in [6, 6.07) is 7.39. The normalized spacial score (nSPS) is 9.86. The number of nitrogens with zero attached hydrogens (tertiary/aromatic N) is 2. The van der Waals surface area contributed by atoms with Crippen molar-refractivity contribution in [3.8, 4) is 0 Å². The van der Waals surface area contributed by atoms with Gasteiger partial charge in [0.25, 0.3) is 0 Å². The Hall–Kier alpha value is -3.22. The fourth-order valence-corrected chi connectivity index (χ4v) is 1.96. The number of hydrogen-bond acceptors (Lipinski definition) is 4. The fourth-order valence-electron chi connectivity index (χ4n) is 1.96. The predicted octanol–water partition coefficient (Wildman–Crippen LogP) is 2.35. The third-order valence-corrected chi connectivity index (χ3v) is 2.89. The first-order valence-corrected chi connectivity index (χ1v) is 6.30. The van der Waals surface area contributed by atoms with Crippen LogP contribution in [0.3, 0.4) is 0 Å². The van der Waals surface area contributed by atoms with E-state index < -0.39 is 11.9 Å². The minimum Gasteiger partial charge on any atom is -0.478 e. The van der Waals surface area contributed by atoms with E-state index in [0.717, 1.165) is 10.9 Å². The molecule has 0 aliphatic heterocycles. The van der Waals surface area contributed by atoms with Gasteiger partial charge in [-0.25, -0.2) is 14.6 Å². The lowest BCUT2D eigenvalue weighted by Crippen LogP contribution is -1.99. The Kier molecular flexibility index (Phi) is 4.47. The molecule has 0 spiro atoms. The summed E-state index contributed by atoms with van der Waals surface area (Å²) >= 11 is 0. The maximum Gasteiger partial charge on any atom is 0.356 e. The van der Waals surface area contributed by atoms with E-state index in [1.807, 2.05) is 24.3 Å². The van der Waals surface area contributed by atoms with E-state index in [1.165, 1.54) is 18.6 Å². The van der Waals surface area contributed by atoms with Crippen LogP contribution in [0.4, 0.5) is 0 Å². The molecule has 1 aromatic carbocycles. The van der Waals surface area contributed by atoms with Crippen molar-refractivity contribution < 1.29 is 19.8 Å². The van der Waals surface area contributed by atoms with Gasteiger partial charge in [0.1, 0.15) is 0 Å². The largest absolute Gasteiger partial charge is 0.478 e. The average molecular weight is 299 g/mol. The van der Waals surface area contributed by atoms with Gasteiger partial charge in [0, 0.05) is 29.0 Å². The Morgan fingerprint density at radius 2 is 1.82 bits per heavy atom. The number of nitrogens with one attached hydrogen (secondary N) is 1. The minimum atomic E-state index is -1.05. The van der Waals surface area contributed by atoms with Crippen LogP contribution in [0.5, 0.6) is 0 Å². The highest BCUT2D eigenvalue weighted by molar-refractivity contribution is 6.04. The summed E-state index contributed by atoms with van der Waals surface area (Å²) < 4.78 is 0. The number of aryl methyl sites for hydroxylation is 1. The summed E-state index contributed by atoms with van der Waals surface area (Å²) in [6.07, 6.45) is 3.96. The zero-order valence-corrected chi connectivity index (χ0v) is 11.6. The number of hydrogen-bond donors (Lipinski definition) is 3. The number of para-hydroxylation sites is 1. The van der Waals surface area contributed by atoms with Gasteiger partial charge in [0.05, 0.1) is 11.8 Å². The summed E-state index contributed by atoms with van der Waals surface area (Å²) in [5, 5.41) is 18.0. The summed E-state index contributed by atoms with van der Waals surface area (Å²) in [7, 11) is 0. The molecule has 0 unspecified atom stereocenters. The lowest BCUT2D eigenvalue weighted by atomic mass is 10.1. The number of rotatable bonds is 2. The standard InChI is InChI=1S/C10H9NO2.C5H4N2O2/c1-6-9(10(12)13)7-4-2-3-5-8(7)11-6;8-5(9)4-3-6-1-2-7-4/h2-5,11H,1H3,(H,12,13);1-3H,(H,8,9). The van der Waals surface area contributed by atoms with E-state index in [4.69, 9.17) is 10.2 Å². The molecule has 0 saturated heterocycles. The number of fused-ring (bicyclic) bond motifs is 1. The highest BCUT2D eigenvalue weighted by atomic mass is 16.4. The van der Waals surface area contributed by atoms with Gasteiger partial charge >= 0.3 is 11.9 Å². The third-order valence-electron chi connectivity index (χ3n) is 2.89. The van der Waals surface area contributed by atoms with E-state index in [0.29, 0.717) is 11.3 Å². The number of benzene rings is 1. The highest BCUT2D eigenvalue weighted by Crippen LogP contribution is 2.21. The van der Waals surface area contributed by atoms with Crippen LogP contribution in [-0.4, -0.2) is 37.1 Å². The van der Waals surface area contributed by atoms with E-state index in [2.05, 4.69) is 15.0 Å². The van der Waals surface area contributed by atoms with Gasteiger partial charge in [-0.05, 0) is 13.0 Å². The summed E-state index contributed by atoms with van der Waals surface area (Å²) in [6.45, 7) is 1.77. The Balaban J connectivity index is 0.000000172. The number of H-pyrrole nitrogens is 1. The number of carboxylic acids is 2. The van der Waals surface area contributed by atoms with Crippen molar-refractivity contribution in [2.24, 2.45) is 0 Å². The Morgan fingerprint density at radius 3 is 2.36 bits per heavy atom. The van der Waals surface area contributed by atoms with Crippen molar-refractivity contribution in [2.45, 2.75) is 6.92 Å². The van der Waals surface area contributed by atoms with Crippen LogP contribution in [0.2, 0.25) is 0 Å². The first-order valence-electron chi connectivity index (χ1n) is 6.30. The molecule has 0 bridgehead atoms. The van der Waals surface area contributed by atoms with Crippen LogP contribution in [0.15, 0.2) is 42.9 Å². The van der Waals surface area contributed by atoms with Crippen LogP contribution in [0.25, 0.3) is 10.9 Å². The SMILES string of the molecule is Cc1[nH]c2ccccc2c1C(=O)O.O=C(O)c1cnccn1. The molecular formula is C15H13N3O4. The van der Waals surface area contributed by atoms with Crippen molar-refractivity contribution in [2.75, 3.05) is 0 Å². The summed E-state index contributed by atoms with van der Waals surface area (Å²) in [4.78, 5) is 31.1. The van der Waals surface area contributed by atoms with Gasteiger partial charge in [0.2, 0.25) is 0 Å². The van der Waals surface area contributed by atoms with Gasteiger partial charge in [-0.15, -0.1) is 0 Å². The van der Waals surface area contributed by atoms with Crippen molar-refractivity contribution in [3.05, 3.63) is 59.8 Å². The number of aromatic carboxylic acids is 2. The molecule has 22 heavy (non-hydrogen) atoms. The van der Waals surface area contributed by atoms with Crippen LogP contribution in [-0.2, 0) is 0 Å². The highest BCUT2D eigenvalue weighted by Gasteiger charge is 2.13. The van der Waals surface area contributed by atoms with Gasteiger partial charge in [-0.2, -0.15) is 0 Å². The molecule has 7 nitrogen and oxygen atoms in total. The smallest absolute Gasteiger partial charge is 0.356 e. The van der Waals surface area contributed by atoms with Crippen molar-refractivity contribution in [1.29, 1.82) is 0 Å². The van der Waals surface area contributed by atoms with Crippen LogP contribution in [0, 0.1) is 6.92 Å². The van der Waals surface area contributed by atoms with Crippen molar-refractivity contribution in [3.63, 3.8) is 0 Å². The lowest BCUT2D eigenvalue weighted by Gasteiger charge is -1.91. The average Bonchev–Trinajstić information content (AvgIpc) is 2.84. The van der Waals surface area contributed by atoms with Gasteiger partial charge in [-0.1, -0.05) is 18.2 Å². The number of carbonyl (C=O) groups is 2. The number of aromatic nitrogens is 3. The van der Waals surface area contributed by atoms with Crippen molar-refractivity contribution in [1.82, 2.24) is 15.0 Å². The third kappa shape index (κ3) is 3.26. The molecule has 0 amide bonds. The summed E-state index contributed by atoms with van der Waals surface area (Å²) in [5.74, 6) is -1.93. The Bertz CT molecular complexity index is 812. The lowest BCUT2D eigenvalue weighted by molar-refractivity contribution is 0.0682. The Labute approximate surface area is 125 Å². The molecule has 2 aromatic heterocycles. The molecule has 0 saturated carbocycles. The molecule has 0 aliphatic carbocycles. The maximum atomic E-state index is 10.9. The molecule has 0 fully saturated rings. The number of aromatic amines is 1. The second-order valence-corrected chi connectivity index (χ2v) is 4.37. The van der Waals surface area contributed by atoms with E-state index >= 15 is 0 Å². The van der Waals surface area contributed by atoms with Crippen LogP contribution >= 0.6 is 0 Å². The topological polar surface area (TPSA) is 116 Å². The van der Waals surface area contributed by atoms with Crippen LogP contribution in [0.1, 0.15) is 26.5 Å². The zero-order chi connectivity index (χ0) is 16.1. The Morgan fingerprint density at radius 1 is 1.09 bits per heavy atom. The molecule has 3 rings (SSSR count). The first kappa shape index (κ1) is 15.2. The van der Waals surface area contributed by atoms with E-state index in [-0.39, 0.29) is 5.69 Å². The molecule has 7 heteroatoms. The van der Waals surface area contributed by atoms with E-state index in [1.54, 1.807) is 6.92 Å². The molecule has 0 atom stereocenters. The molecule has 3 aromatic rings. The molecular weight excluding hydrogens is 286 g/mol.